The Hall–Kier alpha value is -0.0900. The average molecular weight is 1380 g/mol. The van der Waals surface area contributed by atoms with Crippen LogP contribution >= 0.6 is 39.1 Å². The molecule has 0 spiro atoms. The standard InChI is InChI=1S/C46H99O36P5/c1-3-45(41-47)42-81-86(55,56)78-39-33-72-27-21-66-15-9-60-7-13-64-19-25-70-31-37-76-84(51,52)74-35-29-68-23-17-62-11-5-59-6-12-63-18-24-69-30-36-75-85(53,54)77-38-32-71-26-20-65-14-8-61-10-16-67-22-28-73-34-40-79-87(57,58)82-44-46(4-2)43-80-83(48,49)50/h45-47H,3-44H2,1-2H3,(H,51,52)(H,53,54)(H,55,56)(H,57,58)(H2,48,49,50)/p-5. The van der Waals surface area contributed by atoms with E-state index in [-0.39, 0.29) is 211 Å². The van der Waals surface area contributed by atoms with Crippen molar-refractivity contribution in [3.05, 3.63) is 0 Å². The van der Waals surface area contributed by atoms with Crippen molar-refractivity contribution in [2.75, 3.05) is 264 Å². The van der Waals surface area contributed by atoms with E-state index < -0.39 is 51.6 Å². The molecule has 524 valence electrons. The zero-order chi connectivity index (χ0) is 64.3. The van der Waals surface area contributed by atoms with E-state index in [9.17, 15) is 47.3 Å². The molecule has 0 fully saturated rings. The molecule has 0 aliphatic carbocycles. The first-order chi connectivity index (χ1) is 41.8. The maximum Gasteiger partial charge on any atom is 0.268 e. The second kappa shape index (κ2) is 59.6. The van der Waals surface area contributed by atoms with E-state index >= 15 is 0 Å². The number of hydrogen-bond donors (Lipinski definition) is 2. The van der Waals surface area contributed by atoms with Crippen molar-refractivity contribution in [1.82, 2.24) is 0 Å². The van der Waals surface area contributed by atoms with Crippen molar-refractivity contribution in [1.29, 1.82) is 0 Å². The second-order valence-electron chi connectivity index (χ2n) is 17.1. The molecule has 0 aliphatic rings. The van der Waals surface area contributed by atoms with Crippen LogP contribution in [-0.4, -0.2) is 274 Å². The molecular formula is C46H94O36P5-5. The van der Waals surface area contributed by atoms with E-state index in [0.29, 0.717) is 65.7 Å². The number of hydrogen-bond acceptors (Lipinski definition) is 35. The topological polar surface area (TPSA) is 463 Å². The van der Waals surface area contributed by atoms with Gasteiger partial charge in [0.15, 0.2) is 0 Å². The third-order valence-electron chi connectivity index (χ3n) is 10.1. The summed E-state index contributed by atoms with van der Waals surface area (Å²) in [4.78, 5) is 66.7. The van der Waals surface area contributed by atoms with Crippen LogP contribution in [0.3, 0.4) is 0 Å². The molecule has 0 heterocycles. The number of ether oxygens (including phenoxy) is 15. The molecule has 0 aromatic heterocycles. The van der Waals surface area contributed by atoms with Gasteiger partial charge in [0.1, 0.15) is 0 Å². The predicted octanol–water partition coefficient (Wildman–Crippen LogP) is -1.24. The van der Waals surface area contributed by atoms with Crippen molar-refractivity contribution < 1.29 is 169 Å². The fourth-order valence-corrected chi connectivity index (χ4v) is 8.79. The van der Waals surface area contributed by atoms with Gasteiger partial charge in [0.05, 0.1) is 258 Å². The molecule has 87 heavy (non-hydrogen) atoms. The Balaban J connectivity index is 3.43. The molecule has 41 heteroatoms. The smallest absolute Gasteiger partial charge is 0.268 e. The molecule has 0 aromatic carbocycles. The third-order valence-corrected chi connectivity index (χ3v) is 14.5. The average Bonchev–Trinajstić information content (AvgIpc) is 3.60. The molecule has 0 rings (SSSR count). The van der Waals surface area contributed by atoms with E-state index in [1.54, 1.807) is 6.92 Å². The van der Waals surface area contributed by atoms with Crippen LogP contribution in [0.4, 0.5) is 0 Å². The molecule has 0 aliphatic heterocycles. The molecule has 0 bridgehead atoms. The molecular weight excluding hydrogens is 1280 g/mol. The number of rotatable bonds is 72. The van der Waals surface area contributed by atoms with Crippen LogP contribution in [0, 0.1) is 11.8 Å². The van der Waals surface area contributed by atoms with E-state index in [4.69, 9.17) is 113 Å². The van der Waals surface area contributed by atoms with Crippen LogP contribution in [0.1, 0.15) is 26.7 Å². The summed E-state index contributed by atoms with van der Waals surface area (Å²) in [5, 5.41) is 9.09. The number of phosphoric ester groups is 5. The quantitative estimate of drug-likeness (QED) is 0.0531. The van der Waals surface area contributed by atoms with E-state index in [0.717, 1.165) is 0 Å². The lowest BCUT2D eigenvalue weighted by molar-refractivity contribution is -0.229. The SMILES string of the molecule is CCC(CO)COP(=O)([O-])OCCOCCOCCOCCOCCOCCOP(=O)([O-])OCCOCCOCCOCCOCCOCCOP(=O)([O-])OCCOCCOCCOCCOCCOCCOP(=O)([O-])OCC(CC)COP(=O)([O-])O. The zero-order valence-corrected chi connectivity index (χ0v) is 54.3. The highest BCUT2D eigenvalue weighted by molar-refractivity contribution is 7.46. The Morgan fingerprint density at radius 1 is 0.253 bits per heavy atom. The molecule has 7 atom stereocenters. The van der Waals surface area contributed by atoms with Gasteiger partial charge in [-0.1, -0.05) is 13.8 Å². The summed E-state index contributed by atoms with van der Waals surface area (Å²) < 4.78 is 180. The summed E-state index contributed by atoms with van der Waals surface area (Å²) in [6.45, 7) is 6.95. The maximum absolute atomic E-state index is 11.9. The minimum atomic E-state index is -4.93. The van der Waals surface area contributed by atoms with Gasteiger partial charge in [-0.05, 0) is 12.8 Å². The van der Waals surface area contributed by atoms with E-state index in [2.05, 4.69) is 9.05 Å². The van der Waals surface area contributed by atoms with Crippen LogP contribution < -0.4 is 24.5 Å². The summed E-state index contributed by atoms with van der Waals surface area (Å²) in [7, 11) is -23.1. The predicted molar refractivity (Wildman–Crippen MR) is 291 cm³/mol. The maximum atomic E-state index is 11.9. The van der Waals surface area contributed by atoms with Crippen molar-refractivity contribution in [2.45, 2.75) is 26.7 Å². The number of phosphoric acid groups is 5. The van der Waals surface area contributed by atoms with Crippen molar-refractivity contribution in [2.24, 2.45) is 11.8 Å². The Labute approximate surface area is 509 Å². The van der Waals surface area contributed by atoms with E-state index in [1.165, 1.54) is 0 Å². The van der Waals surface area contributed by atoms with Gasteiger partial charge in [-0.25, -0.2) is 0 Å². The lowest BCUT2D eigenvalue weighted by atomic mass is 10.1. The molecule has 2 N–H and O–H groups in total. The van der Waals surface area contributed by atoms with Crippen LogP contribution in [-0.2, 0) is 135 Å². The van der Waals surface area contributed by atoms with Crippen LogP contribution in [0.2, 0.25) is 0 Å². The second-order valence-corrected chi connectivity index (χ2v) is 23.9. The summed E-state index contributed by atoms with van der Waals surface area (Å²) in [5.74, 6) is -0.888. The highest BCUT2D eigenvalue weighted by Gasteiger charge is 2.17. The first-order valence-electron chi connectivity index (χ1n) is 28.1. The number of aliphatic hydroxyl groups is 1. The minimum absolute atomic E-state index is 0.00281. The fraction of sp³-hybridized carbons (Fsp3) is 1.00. The first kappa shape index (κ1) is 86.9. The zero-order valence-electron chi connectivity index (χ0n) is 49.9. The normalized spacial score (nSPS) is 16.3. The monoisotopic (exact) mass is 1380 g/mol. The van der Waals surface area contributed by atoms with Gasteiger partial charge in [0, 0.05) is 18.4 Å². The van der Waals surface area contributed by atoms with Crippen LogP contribution in [0.25, 0.3) is 0 Å². The fourth-order valence-electron chi connectivity index (χ4n) is 5.52. The molecule has 0 aromatic rings. The summed E-state index contributed by atoms with van der Waals surface area (Å²) in [6, 6.07) is 0. The molecule has 0 amide bonds. The van der Waals surface area contributed by atoms with Crippen molar-refractivity contribution in [3.8, 4) is 0 Å². The Morgan fingerprint density at radius 2 is 0.402 bits per heavy atom. The number of aliphatic hydroxyl groups excluding tert-OH is 1. The van der Waals surface area contributed by atoms with Gasteiger partial charge in [-0.15, -0.1) is 0 Å². The lowest BCUT2D eigenvalue weighted by Crippen LogP contribution is -2.20. The Morgan fingerprint density at radius 3 is 0.563 bits per heavy atom. The van der Waals surface area contributed by atoms with Gasteiger partial charge in [-0.3, -0.25) is 22.8 Å². The minimum Gasteiger partial charge on any atom is -0.756 e. The highest BCUT2D eigenvalue weighted by Crippen LogP contribution is 2.41. The lowest BCUT2D eigenvalue weighted by Gasteiger charge is -2.26. The summed E-state index contributed by atoms with van der Waals surface area (Å²) in [5.41, 5.74) is 0. The largest absolute Gasteiger partial charge is 0.756 e. The molecule has 0 saturated heterocycles. The van der Waals surface area contributed by atoms with Gasteiger partial charge < -0.3 is 146 Å². The molecule has 7 unspecified atom stereocenters. The third kappa shape index (κ3) is 65.8. The first-order valence-corrected chi connectivity index (χ1v) is 35.4. The van der Waals surface area contributed by atoms with Gasteiger partial charge in [0.25, 0.3) is 39.1 Å². The van der Waals surface area contributed by atoms with Crippen LogP contribution in [0.15, 0.2) is 0 Å². The van der Waals surface area contributed by atoms with Gasteiger partial charge >= 0.3 is 0 Å². The highest BCUT2D eigenvalue weighted by atomic mass is 31.2. The van der Waals surface area contributed by atoms with Crippen LogP contribution in [0.5, 0.6) is 0 Å². The van der Waals surface area contributed by atoms with Gasteiger partial charge in [-0.2, -0.15) is 0 Å². The molecule has 0 radical (unpaired) electrons. The molecule has 36 nitrogen and oxygen atoms in total. The Kier molecular flexibility index (Phi) is 59.6. The Bertz CT molecular complexity index is 1760. The summed E-state index contributed by atoms with van der Waals surface area (Å²) in [6.07, 6.45) is 0.900. The van der Waals surface area contributed by atoms with Gasteiger partial charge in [0.2, 0.25) is 0 Å². The van der Waals surface area contributed by atoms with Crippen molar-refractivity contribution in [3.63, 3.8) is 0 Å². The summed E-state index contributed by atoms with van der Waals surface area (Å²) >= 11 is 0. The molecule has 0 saturated carbocycles. The van der Waals surface area contributed by atoms with Crippen molar-refractivity contribution >= 4 is 39.1 Å². The van der Waals surface area contributed by atoms with E-state index in [1.807, 2.05) is 6.92 Å².